The van der Waals surface area contributed by atoms with Crippen LogP contribution in [0.5, 0.6) is 17.6 Å². The predicted molar refractivity (Wildman–Crippen MR) is 132 cm³/mol. The van der Waals surface area contributed by atoms with Crippen molar-refractivity contribution in [3.63, 3.8) is 0 Å². The molecule has 1 aromatic heterocycles. The van der Waals surface area contributed by atoms with Gasteiger partial charge in [-0.3, -0.25) is 4.90 Å². The van der Waals surface area contributed by atoms with E-state index in [9.17, 15) is 9.18 Å². The van der Waals surface area contributed by atoms with Crippen LogP contribution < -0.4 is 15.2 Å². The van der Waals surface area contributed by atoms with Crippen molar-refractivity contribution in [2.45, 2.75) is 13.0 Å². The monoisotopic (exact) mass is 517 g/mol. The zero-order valence-corrected chi connectivity index (χ0v) is 20.1. The van der Waals surface area contributed by atoms with Crippen LogP contribution in [0.1, 0.15) is 11.1 Å². The number of hydrogen-bond donors (Lipinski definition) is 0. The van der Waals surface area contributed by atoms with Crippen LogP contribution in [0.3, 0.4) is 0 Å². The molecule has 7 nitrogen and oxygen atoms in total. The molecule has 10 heteroatoms. The zero-order valence-electron chi connectivity index (χ0n) is 18.5. The average Bonchev–Trinajstić information content (AvgIpc) is 3.20. The molecule has 4 aromatic rings. The highest BCUT2D eigenvalue weighted by molar-refractivity contribution is 6.30. The van der Waals surface area contributed by atoms with Crippen LogP contribution >= 0.6 is 24.0 Å². The Morgan fingerprint density at radius 2 is 1.77 bits per heavy atom. The lowest BCUT2D eigenvalue weighted by Gasteiger charge is -2.28. The van der Waals surface area contributed by atoms with E-state index < -0.39 is 11.6 Å². The SMILES string of the molecule is Cl.O=c1oc(Oc2ccc(Cl)cc2)nn1-c1ccc(OCCN2CCc3ccccc3C2)cc1F. The molecule has 0 unspecified atom stereocenters. The van der Waals surface area contributed by atoms with Gasteiger partial charge < -0.3 is 13.9 Å². The van der Waals surface area contributed by atoms with Crippen LogP contribution in [0, 0.1) is 5.82 Å². The Kier molecular flexibility index (Phi) is 7.75. The molecule has 1 aliphatic heterocycles. The van der Waals surface area contributed by atoms with E-state index in [2.05, 4.69) is 34.3 Å². The molecule has 5 rings (SSSR count). The Hall–Kier alpha value is -3.33. The van der Waals surface area contributed by atoms with Crippen molar-refractivity contribution < 1.29 is 18.3 Å². The van der Waals surface area contributed by atoms with Gasteiger partial charge in [0.05, 0.1) is 0 Å². The summed E-state index contributed by atoms with van der Waals surface area (Å²) in [7, 11) is 0. The van der Waals surface area contributed by atoms with E-state index in [4.69, 9.17) is 25.5 Å². The maximum atomic E-state index is 14.8. The van der Waals surface area contributed by atoms with Gasteiger partial charge in [0.25, 0.3) is 0 Å². The summed E-state index contributed by atoms with van der Waals surface area (Å²) in [5.41, 5.74) is 2.66. The van der Waals surface area contributed by atoms with Gasteiger partial charge in [-0.2, -0.15) is 4.68 Å². The van der Waals surface area contributed by atoms with Crippen LogP contribution in [0.2, 0.25) is 5.02 Å². The molecule has 1 aliphatic rings. The third-order valence-corrected chi connectivity index (χ3v) is 5.83. The highest BCUT2D eigenvalue weighted by Crippen LogP contribution is 2.23. The first-order valence-electron chi connectivity index (χ1n) is 10.8. The molecular weight excluding hydrogens is 496 g/mol. The Balaban J connectivity index is 0.00000289. The summed E-state index contributed by atoms with van der Waals surface area (Å²) in [5.74, 6) is -0.799. The summed E-state index contributed by atoms with van der Waals surface area (Å²) in [6.07, 6.45) is 0.700. The fraction of sp³-hybridized carbons (Fsp3) is 0.200. The minimum Gasteiger partial charge on any atom is -0.492 e. The number of aromatic nitrogens is 2. The van der Waals surface area contributed by atoms with E-state index in [1.807, 2.05) is 0 Å². The van der Waals surface area contributed by atoms with Gasteiger partial charge in [0.15, 0.2) is 5.82 Å². The number of nitrogens with zero attached hydrogens (tertiary/aromatic N) is 3. The number of ether oxygens (including phenoxy) is 2. The van der Waals surface area contributed by atoms with E-state index in [1.54, 1.807) is 30.3 Å². The average molecular weight is 518 g/mol. The Labute approximate surface area is 212 Å². The summed E-state index contributed by atoms with van der Waals surface area (Å²) < 4.78 is 31.7. The van der Waals surface area contributed by atoms with Gasteiger partial charge in [-0.15, -0.1) is 12.4 Å². The van der Waals surface area contributed by atoms with E-state index in [1.165, 1.54) is 23.3 Å². The third kappa shape index (κ3) is 5.85. The molecule has 182 valence electrons. The number of rotatable bonds is 7. The lowest BCUT2D eigenvalue weighted by atomic mass is 10.0. The highest BCUT2D eigenvalue weighted by atomic mass is 35.5. The first-order valence-corrected chi connectivity index (χ1v) is 11.2. The standard InChI is InChI=1S/C25H21ClFN3O4.ClH/c26-19-5-7-20(8-6-19)33-24-28-30(25(31)34-24)23-10-9-21(15-22(23)27)32-14-13-29-12-11-17-3-1-2-4-18(17)16-29;/h1-10,15H,11-14,16H2;1H. The summed E-state index contributed by atoms with van der Waals surface area (Å²) in [4.78, 5) is 14.5. The third-order valence-electron chi connectivity index (χ3n) is 5.58. The summed E-state index contributed by atoms with van der Waals surface area (Å²) in [5, 5.41) is 4.46. The Morgan fingerprint density at radius 1 is 1.03 bits per heavy atom. The molecule has 2 heterocycles. The lowest BCUT2D eigenvalue weighted by molar-refractivity contribution is 0.196. The van der Waals surface area contributed by atoms with Gasteiger partial charge in [0.2, 0.25) is 0 Å². The predicted octanol–water partition coefficient (Wildman–Crippen LogP) is 5.27. The Morgan fingerprint density at radius 3 is 2.54 bits per heavy atom. The number of hydrogen-bond acceptors (Lipinski definition) is 6. The molecule has 0 N–H and O–H groups in total. The molecule has 0 saturated carbocycles. The van der Waals surface area contributed by atoms with Gasteiger partial charge in [-0.25, -0.2) is 9.18 Å². The molecule has 0 spiro atoms. The van der Waals surface area contributed by atoms with Crippen LogP contribution in [0.15, 0.2) is 75.9 Å². The zero-order chi connectivity index (χ0) is 23.5. The fourth-order valence-corrected chi connectivity index (χ4v) is 3.97. The van der Waals surface area contributed by atoms with Gasteiger partial charge in [-0.1, -0.05) is 41.0 Å². The minimum atomic E-state index is -0.873. The maximum absolute atomic E-state index is 14.8. The van der Waals surface area contributed by atoms with Crippen molar-refractivity contribution in [3.05, 3.63) is 99.2 Å². The summed E-state index contributed by atoms with van der Waals surface area (Å²) in [6.45, 7) is 2.99. The molecule has 0 aliphatic carbocycles. The molecular formula is C25H22Cl2FN3O4. The quantitative estimate of drug-likeness (QED) is 0.332. The molecule has 0 amide bonds. The molecule has 0 bridgehead atoms. The second-order valence-electron chi connectivity index (χ2n) is 7.86. The van der Waals surface area contributed by atoms with Crippen LogP contribution in [-0.4, -0.2) is 34.4 Å². The van der Waals surface area contributed by atoms with Gasteiger partial charge >= 0.3 is 11.8 Å². The second kappa shape index (κ2) is 10.9. The highest BCUT2D eigenvalue weighted by Gasteiger charge is 2.17. The van der Waals surface area contributed by atoms with Crippen LogP contribution in [-0.2, 0) is 13.0 Å². The van der Waals surface area contributed by atoms with Crippen molar-refractivity contribution >= 4 is 24.0 Å². The number of halogens is 3. The van der Waals surface area contributed by atoms with Gasteiger partial charge in [0, 0.05) is 30.7 Å². The molecule has 0 radical (unpaired) electrons. The van der Waals surface area contributed by atoms with Crippen molar-refractivity contribution in [2.75, 3.05) is 19.7 Å². The van der Waals surface area contributed by atoms with Crippen molar-refractivity contribution in [1.29, 1.82) is 0 Å². The first kappa shape index (κ1) is 24.8. The topological polar surface area (TPSA) is 69.7 Å². The van der Waals surface area contributed by atoms with E-state index >= 15 is 0 Å². The van der Waals surface area contributed by atoms with E-state index in [-0.39, 0.29) is 24.2 Å². The molecule has 3 aromatic carbocycles. The van der Waals surface area contributed by atoms with E-state index in [0.29, 0.717) is 23.1 Å². The van der Waals surface area contributed by atoms with Gasteiger partial charge in [0.1, 0.15) is 23.8 Å². The largest absolute Gasteiger partial charge is 0.492 e. The van der Waals surface area contributed by atoms with Gasteiger partial charge in [-0.05, 0) is 53.9 Å². The molecule has 0 atom stereocenters. The number of fused-ring (bicyclic) bond motifs is 1. The smallest absolute Gasteiger partial charge is 0.444 e. The first-order chi connectivity index (χ1) is 16.5. The maximum Gasteiger partial charge on any atom is 0.444 e. The summed E-state index contributed by atoms with van der Waals surface area (Å²) >= 11 is 5.84. The fourth-order valence-electron chi connectivity index (χ4n) is 3.84. The number of benzene rings is 3. The second-order valence-corrected chi connectivity index (χ2v) is 8.29. The molecule has 35 heavy (non-hydrogen) atoms. The van der Waals surface area contributed by atoms with Crippen LogP contribution in [0.4, 0.5) is 4.39 Å². The minimum absolute atomic E-state index is 0. The normalized spacial score (nSPS) is 13.1. The van der Waals surface area contributed by atoms with Crippen molar-refractivity contribution in [2.24, 2.45) is 0 Å². The van der Waals surface area contributed by atoms with Crippen LogP contribution in [0.25, 0.3) is 5.69 Å². The van der Waals surface area contributed by atoms with Crippen molar-refractivity contribution in [1.82, 2.24) is 14.7 Å². The van der Waals surface area contributed by atoms with E-state index in [0.717, 1.165) is 30.7 Å². The lowest BCUT2D eigenvalue weighted by Crippen LogP contribution is -2.33. The summed E-state index contributed by atoms with van der Waals surface area (Å²) in [6, 6.07) is 19.1. The van der Waals surface area contributed by atoms with Crippen molar-refractivity contribution in [3.8, 4) is 23.3 Å². The molecule has 0 fully saturated rings. The Bertz CT molecular complexity index is 1360. The molecule has 0 saturated heterocycles.